The number of hydrogen-bond donors (Lipinski definition) is 1. The van der Waals surface area contributed by atoms with Crippen molar-refractivity contribution in [2.75, 3.05) is 0 Å². The Balaban J connectivity index is 2.46. The van der Waals surface area contributed by atoms with Crippen LogP contribution in [0.1, 0.15) is 0 Å². The first-order valence-electron chi connectivity index (χ1n) is 5.53. The molecule has 2 aromatic carbocycles. The lowest BCUT2D eigenvalue weighted by Crippen LogP contribution is -1.97. The molecule has 0 aliphatic heterocycles. The summed E-state index contributed by atoms with van der Waals surface area (Å²) in [7, 11) is 0. The zero-order valence-electron chi connectivity index (χ0n) is 9.75. The number of H-pyrrole nitrogens is 1. The van der Waals surface area contributed by atoms with Gasteiger partial charge in [-0.25, -0.2) is 4.39 Å². The van der Waals surface area contributed by atoms with Crippen molar-refractivity contribution in [2.45, 2.75) is 0 Å². The van der Waals surface area contributed by atoms with Crippen molar-refractivity contribution in [1.82, 2.24) is 9.55 Å². The molecule has 0 saturated carbocycles. The average Bonchev–Trinajstić information content (AvgIpc) is 2.67. The number of halogens is 4. The molecule has 0 spiro atoms. The maximum atomic E-state index is 13.8. The quantitative estimate of drug-likeness (QED) is 0.416. The second-order valence-corrected chi connectivity index (χ2v) is 7.07. The molecule has 0 fully saturated rings. The molecule has 3 aromatic rings. The molecule has 2 nitrogen and oxygen atoms in total. The van der Waals surface area contributed by atoms with Gasteiger partial charge in [0.1, 0.15) is 5.82 Å². The highest BCUT2D eigenvalue weighted by atomic mass is 79.9. The van der Waals surface area contributed by atoms with Gasteiger partial charge in [0.25, 0.3) is 0 Å². The van der Waals surface area contributed by atoms with Crippen molar-refractivity contribution in [2.24, 2.45) is 0 Å². The third-order valence-corrected chi connectivity index (χ3v) is 5.06. The molecule has 1 heterocycles. The van der Waals surface area contributed by atoms with E-state index in [1.807, 2.05) is 18.2 Å². The van der Waals surface area contributed by atoms with Gasteiger partial charge in [-0.05, 0) is 78.2 Å². The van der Waals surface area contributed by atoms with Crippen LogP contribution in [0.2, 0.25) is 0 Å². The highest BCUT2D eigenvalue weighted by Crippen LogP contribution is 2.33. The van der Waals surface area contributed by atoms with E-state index in [-0.39, 0.29) is 5.82 Å². The van der Waals surface area contributed by atoms with Crippen LogP contribution in [0.25, 0.3) is 16.7 Å². The van der Waals surface area contributed by atoms with E-state index >= 15 is 0 Å². The van der Waals surface area contributed by atoms with Crippen molar-refractivity contribution in [1.29, 1.82) is 0 Å². The number of para-hydroxylation sites is 1. The minimum absolute atomic E-state index is 0.330. The minimum Gasteiger partial charge on any atom is -0.330 e. The Morgan fingerprint density at radius 2 is 1.70 bits per heavy atom. The third kappa shape index (κ3) is 2.30. The monoisotopic (exact) mass is 478 g/mol. The largest absolute Gasteiger partial charge is 0.330 e. The fourth-order valence-electron chi connectivity index (χ4n) is 2.03. The fourth-order valence-corrected chi connectivity index (χ4v) is 4.02. The predicted octanol–water partition coefficient (Wildman–Crippen LogP) is 6.11. The molecule has 0 atom stereocenters. The van der Waals surface area contributed by atoms with Crippen LogP contribution < -0.4 is 0 Å². The molecule has 0 aliphatic rings. The van der Waals surface area contributed by atoms with Crippen LogP contribution in [0.3, 0.4) is 0 Å². The van der Waals surface area contributed by atoms with Gasteiger partial charge in [-0.3, -0.25) is 4.57 Å². The summed E-state index contributed by atoms with van der Waals surface area (Å²) in [5, 5.41) is 0. The minimum atomic E-state index is -0.330. The molecule has 7 heteroatoms. The summed E-state index contributed by atoms with van der Waals surface area (Å²) in [5.41, 5.74) is 2.29. The first kappa shape index (κ1) is 14.4. The Morgan fingerprint density at radius 1 is 1.05 bits per heavy atom. The number of hydrogen-bond acceptors (Lipinski definition) is 1. The molecule has 0 unspecified atom stereocenters. The average molecular weight is 481 g/mol. The van der Waals surface area contributed by atoms with Crippen molar-refractivity contribution in [3.8, 4) is 5.69 Å². The summed E-state index contributed by atoms with van der Waals surface area (Å²) < 4.78 is 18.3. The van der Waals surface area contributed by atoms with Crippen LogP contribution >= 0.6 is 60.0 Å². The number of imidazole rings is 1. The molecule has 0 aliphatic carbocycles. The molecular formula is C13H6Br3FN2S. The molecule has 0 bridgehead atoms. The van der Waals surface area contributed by atoms with E-state index in [9.17, 15) is 4.39 Å². The van der Waals surface area contributed by atoms with E-state index in [1.54, 1.807) is 10.6 Å². The lowest BCUT2D eigenvalue weighted by molar-refractivity contribution is 0.622. The predicted molar refractivity (Wildman–Crippen MR) is 91.5 cm³/mol. The van der Waals surface area contributed by atoms with E-state index in [1.165, 1.54) is 6.07 Å². The zero-order chi connectivity index (χ0) is 14.4. The maximum absolute atomic E-state index is 13.8. The van der Waals surface area contributed by atoms with Gasteiger partial charge in [0.15, 0.2) is 4.77 Å². The summed E-state index contributed by atoms with van der Waals surface area (Å²) in [6, 6.07) is 8.87. The first-order chi connectivity index (χ1) is 9.49. The number of benzene rings is 2. The molecule has 0 amide bonds. The summed E-state index contributed by atoms with van der Waals surface area (Å²) >= 11 is 15.6. The van der Waals surface area contributed by atoms with Gasteiger partial charge in [0.05, 0.1) is 21.2 Å². The van der Waals surface area contributed by atoms with Gasteiger partial charge >= 0.3 is 0 Å². The summed E-state index contributed by atoms with van der Waals surface area (Å²) in [6.45, 7) is 0. The fraction of sp³-hybridized carbons (Fsp3) is 0. The van der Waals surface area contributed by atoms with Crippen LogP contribution in [0.4, 0.5) is 4.39 Å². The number of nitrogens with zero attached hydrogens (tertiary/aromatic N) is 1. The highest BCUT2D eigenvalue weighted by Gasteiger charge is 2.14. The van der Waals surface area contributed by atoms with Crippen LogP contribution in [0, 0.1) is 10.6 Å². The molecule has 20 heavy (non-hydrogen) atoms. The molecular weight excluding hydrogens is 475 g/mol. The summed E-state index contributed by atoms with van der Waals surface area (Å²) in [6.07, 6.45) is 0. The van der Waals surface area contributed by atoms with E-state index in [4.69, 9.17) is 12.2 Å². The Morgan fingerprint density at radius 3 is 2.35 bits per heavy atom. The summed E-state index contributed by atoms with van der Waals surface area (Å²) in [5.74, 6) is -0.330. The standard InChI is InChI=1S/C13H6Br3FN2S/c14-6-2-1-3-7(15)12(6)19-11-5-9(17)8(16)4-10(11)18-13(19)20/h1-5H,(H,18,20). The van der Waals surface area contributed by atoms with E-state index in [0.717, 1.165) is 20.1 Å². The SMILES string of the molecule is Fc1cc2c(cc1Br)[nH]c(=S)n2-c1c(Br)cccc1Br. The van der Waals surface area contributed by atoms with Crippen molar-refractivity contribution in [3.63, 3.8) is 0 Å². The van der Waals surface area contributed by atoms with E-state index in [0.29, 0.717) is 14.8 Å². The van der Waals surface area contributed by atoms with Crippen LogP contribution in [0.5, 0.6) is 0 Å². The van der Waals surface area contributed by atoms with E-state index < -0.39 is 0 Å². The van der Waals surface area contributed by atoms with Crippen molar-refractivity contribution >= 4 is 71.0 Å². The normalized spacial score (nSPS) is 11.2. The second-order valence-electron chi connectivity index (χ2n) is 4.12. The molecule has 0 radical (unpaired) electrons. The van der Waals surface area contributed by atoms with Gasteiger partial charge < -0.3 is 4.98 Å². The molecule has 1 aromatic heterocycles. The van der Waals surface area contributed by atoms with Gasteiger partial charge in [0.2, 0.25) is 0 Å². The lowest BCUT2D eigenvalue weighted by atomic mass is 10.2. The first-order valence-corrected chi connectivity index (χ1v) is 8.32. The topological polar surface area (TPSA) is 20.7 Å². The summed E-state index contributed by atoms with van der Waals surface area (Å²) in [4.78, 5) is 3.09. The lowest BCUT2D eigenvalue weighted by Gasteiger charge is -2.10. The van der Waals surface area contributed by atoms with Crippen molar-refractivity contribution in [3.05, 3.63) is 54.3 Å². The number of aromatic nitrogens is 2. The van der Waals surface area contributed by atoms with Crippen molar-refractivity contribution < 1.29 is 4.39 Å². The van der Waals surface area contributed by atoms with Gasteiger partial charge in [-0.1, -0.05) is 6.07 Å². The second kappa shape index (κ2) is 5.36. The number of nitrogens with one attached hydrogen (secondary N) is 1. The van der Waals surface area contributed by atoms with Crippen LogP contribution in [-0.2, 0) is 0 Å². The third-order valence-electron chi connectivity index (χ3n) is 2.89. The van der Waals surface area contributed by atoms with Gasteiger partial charge in [-0.2, -0.15) is 0 Å². The Kier molecular flexibility index (Phi) is 3.87. The number of aromatic amines is 1. The number of fused-ring (bicyclic) bond motifs is 1. The number of rotatable bonds is 1. The zero-order valence-corrected chi connectivity index (χ0v) is 15.3. The highest BCUT2D eigenvalue weighted by molar-refractivity contribution is 9.11. The van der Waals surface area contributed by atoms with Crippen LogP contribution in [-0.4, -0.2) is 9.55 Å². The molecule has 3 rings (SSSR count). The Labute approximate surface area is 144 Å². The van der Waals surface area contributed by atoms with Crippen LogP contribution in [0.15, 0.2) is 43.7 Å². The molecule has 1 N–H and O–H groups in total. The van der Waals surface area contributed by atoms with Gasteiger partial charge in [0, 0.05) is 15.0 Å². The Bertz CT molecular complexity index is 865. The maximum Gasteiger partial charge on any atom is 0.182 e. The van der Waals surface area contributed by atoms with Gasteiger partial charge in [-0.15, -0.1) is 0 Å². The molecule has 0 saturated heterocycles. The Hall–Kier alpha value is -0.500. The van der Waals surface area contributed by atoms with E-state index in [2.05, 4.69) is 52.8 Å². The molecule has 102 valence electrons. The smallest absolute Gasteiger partial charge is 0.182 e.